The molecule has 0 aromatic carbocycles. The Labute approximate surface area is 123 Å². The zero-order valence-electron chi connectivity index (χ0n) is 9.90. The van der Waals surface area contributed by atoms with Crippen molar-refractivity contribution < 1.29 is 22.4 Å². The lowest BCUT2D eigenvalue weighted by molar-refractivity contribution is 0.0427. The van der Waals surface area contributed by atoms with Gasteiger partial charge in [-0.3, -0.25) is 0 Å². The van der Waals surface area contributed by atoms with Crippen molar-refractivity contribution in [1.29, 1.82) is 0 Å². The minimum absolute atomic E-state index is 0.103. The van der Waals surface area contributed by atoms with Gasteiger partial charge >= 0.3 is 5.97 Å². The highest BCUT2D eigenvalue weighted by molar-refractivity contribution is 9.10. The molecule has 1 saturated carbocycles. The van der Waals surface area contributed by atoms with Crippen LogP contribution in [0.5, 0.6) is 0 Å². The lowest BCUT2D eigenvalue weighted by Crippen LogP contribution is -2.15. The fraction of sp³-hybridized carbons (Fsp3) is 0.545. The van der Waals surface area contributed by atoms with Gasteiger partial charge in [0.2, 0.25) is 5.76 Å². The predicted octanol–water partition coefficient (Wildman–Crippen LogP) is 3.32. The summed E-state index contributed by atoms with van der Waals surface area (Å²) in [5.74, 6) is -0.235. The van der Waals surface area contributed by atoms with Crippen LogP contribution >= 0.6 is 26.6 Å². The number of ether oxygens (including phenoxy) is 1. The Hall–Kier alpha value is -0.530. The molecule has 0 radical (unpaired) electrons. The van der Waals surface area contributed by atoms with E-state index in [1.165, 1.54) is 19.3 Å². The van der Waals surface area contributed by atoms with Crippen molar-refractivity contribution in [2.24, 2.45) is 5.92 Å². The highest BCUT2D eigenvalue weighted by Crippen LogP contribution is 2.30. The number of carbonyl (C=O) groups is 1. The van der Waals surface area contributed by atoms with Crippen LogP contribution in [-0.4, -0.2) is 21.0 Å². The van der Waals surface area contributed by atoms with E-state index >= 15 is 0 Å². The Morgan fingerprint density at radius 1 is 1.53 bits per heavy atom. The molecule has 0 saturated heterocycles. The zero-order chi connectivity index (χ0) is 14.0. The molecule has 1 aromatic rings. The first-order chi connectivity index (χ1) is 8.88. The molecular formula is C11H12BrClO5S. The summed E-state index contributed by atoms with van der Waals surface area (Å²) in [6, 6.07) is 1.05. The first-order valence-corrected chi connectivity index (χ1v) is 8.89. The van der Waals surface area contributed by atoms with Crippen LogP contribution in [0.15, 0.2) is 20.0 Å². The monoisotopic (exact) mass is 370 g/mol. The van der Waals surface area contributed by atoms with E-state index in [0.717, 1.165) is 12.5 Å². The van der Waals surface area contributed by atoms with Crippen molar-refractivity contribution in [1.82, 2.24) is 0 Å². The van der Waals surface area contributed by atoms with E-state index < -0.39 is 15.0 Å². The van der Waals surface area contributed by atoms with Gasteiger partial charge < -0.3 is 9.15 Å². The van der Waals surface area contributed by atoms with Crippen LogP contribution in [0.3, 0.4) is 0 Å². The number of furan rings is 1. The minimum Gasteiger partial charge on any atom is -0.460 e. The van der Waals surface area contributed by atoms with Crippen LogP contribution in [0.25, 0.3) is 0 Å². The molecule has 5 nitrogen and oxygen atoms in total. The fourth-order valence-electron chi connectivity index (χ4n) is 1.79. The fourth-order valence-corrected chi connectivity index (χ4v) is 3.82. The van der Waals surface area contributed by atoms with Crippen molar-refractivity contribution in [3.8, 4) is 0 Å². The van der Waals surface area contributed by atoms with Gasteiger partial charge in [-0.05, 0) is 28.3 Å². The second-order valence-corrected chi connectivity index (χ2v) is 7.66. The quantitative estimate of drug-likeness (QED) is 0.586. The zero-order valence-corrected chi connectivity index (χ0v) is 13.1. The van der Waals surface area contributed by atoms with Gasteiger partial charge in [0.15, 0.2) is 4.67 Å². The molecule has 2 rings (SSSR count). The Morgan fingerprint density at radius 3 is 2.68 bits per heavy atom. The number of esters is 1. The van der Waals surface area contributed by atoms with Crippen molar-refractivity contribution in [3.05, 3.63) is 16.5 Å². The smallest absolute Gasteiger partial charge is 0.374 e. The minimum atomic E-state index is -3.95. The van der Waals surface area contributed by atoms with Gasteiger partial charge in [-0.1, -0.05) is 19.3 Å². The first-order valence-electron chi connectivity index (χ1n) is 5.79. The maximum absolute atomic E-state index is 11.7. The highest BCUT2D eigenvalue weighted by atomic mass is 79.9. The molecule has 19 heavy (non-hydrogen) atoms. The molecule has 0 bridgehead atoms. The van der Waals surface area contributed by atoms with Gasteiger partial charge in [-0.15, -0.1) is 0 Å². The molecule has 1 aliphatic carbocycles. The van der Waals surface area contributed by atoms with Crippen LogP contribution in [0.2, 0.25) is 0 Å². The van der Waals surface area contributed by atoms with Crippen LogP contribution < -0.4 is 0 Å². The van der Waals surface area contributed by atoms with Crippen LogP contribution in [0.1, 0.15) is 36.2 Å². The van der Waals surface area contributed by atoms with Gasteiger partial charge in [0, 0.05) is 16.7 Å². The third-order valence-electron chi connectivity index (χ3n) is 3.10. The van der Waals surface area contributed by atoms with Crippen molar-refractivity contribution >= 4 is 41.6 Å². The third-order valence-corrected chi connectivity index (χ3v) is 5.28. The van der Waals surface area contributed by atoms with Gasteiger partial charge in [0.25, 0.3) is 9.05 Å². The van der Waals surface area contributed by atoms with Crippen LogP contribution in [0.4, 0.5) is 0 Å². The normalized spacial score (nSPS) is 16.1. The molecule has 1 aromatic heterocycles. The van der Waals surface area contributed by atoms with Crippen molar-refractivity contribution in [2.45, 2.75) is 30.6 Å². The van der Waals surface area contributed by atoms with Gasteiger partial charge in [-0.25, -0.2) is 13.2 Å². The largest absolute Gasteiger partial charge is 0.460 e. The Bertz CT molecular complexity index is 576. The topological polar surface area (TPSA) is 73.6 Å². The molecule has 0 N–H and O–H groups in total. The second-order valence-electron chi connectivity index (χ2n) is 4.41. The summed E-state index contributed by atoms with van der Waals surface area (Å²) in [4.78, 5) is 11.4. The van der Waals surface area contributed by atoms with E-state index in [1.807, 2.05) is 0 Å². The molecule has 0 aliphatic heterocycles. The maximum Gasteiger partial charge on any atom is 0.374 e. The van der Waals surface area contributed by atoms with Crippen molar-refractivity contribution in [2.75, 3.05) is 6.61 Å². The lowest BCUT2D eigenvalue weighted by Gasteiger charge is -2.24. The molecule has 1 heterocycles. The number of halogens is 2. The first kappa shape index (κ1) is 14.9. The number of rotatable bonds is 5. The Balaban J connectivity index is 1.95. The van der Waals surface area contributed by atoms with E-state index in [9.17, 15) is 13.2 Å². The number of carbonyl (C=O) groups excluding carboxylic acids is 1. The average Bonchev–Trinajstić information content (AvgIpc) is 2.63. The van der Waals surface area contributed by atoms with E-state index in [2.05, 4.69) is 15.9 Å². The van der Waals surface area contributed by atoms with Gasteiger partial charge in [0.1, 0.15) is 4.90 Å². The molecule has 106 valence electrons. The highest BCUT2D eigenvalue weighted by Gasteiger charge is 2.24. The summed E-state index contributed by atoms with van der Waals surface area (Å²) in [5, 5.41) is 0. The van der Waals surface area contributed by atoms with Gasteiger partial charge in [0.05, 0.1) is 6.61 Å². The summed E-state index contributed by atoms with van der Waals surface area (Å²) >= 11 is 2.89. The molecule has 0 unspecified atom stereocenters. The number of hydrogen-bond donors (Lipinski definition) is 0. The second kappa shape index (κ2) is 5.85. The summed E-state index contributed by atoms with van der Waals surface area (Å²) in [7, 11) is 1.23. The van der Waals surface area contributed by atoms with E-state index in [-0.39, 0.29) is 15.3 Å². The molecule has 0 amide bonds. The summed E-state index contributed by atoms with van der Waals surface area (Å²) in [5.41, 5.74) is 0. The summed E-state index contributed by atoms with van der Waals surface area (Å²) < 4.78 is 32.2. The van der Waals surface area contributed by atoms with Crippen molar-refractivity contribution in [3.63, 3.8) is 0 Å². The molecule has 0 spiro atoms. The van der Waals surface area contributed by atoms with E-state index in [0.29, 0.717) is 12.5 Å². The lowest BCUT2D eigenvalue weighted by atomic mass is 9.83. The van der Waals surface area contributed by atoms with Crippen LogP contribution in [0, 0.1) is 5.92 Å². The Kier molecular flexibility index (Phi) is 4.58. The van der Waals surface area contributed by atoms with Crippen LogP contribution in [-0.2, 0) is 13.8 Å². The van der Waals surface area contributed by atoms with E-state index in [1.54, 1.807) is 0 Å². The molecule has 8 heteroatoms. The molecule has 1 fully saturated rings. The summed E-state index contributed by atoms with van der Waals surface area (Å²) in [6.07, 6.45) is 4.42. The molecular weight excluding hydrogens is 360 g/mol. The van der Waals surface area contributed by atoms with E-state index in [4.69, 9.17) is 19.8 Å². The maximum atomic E-state index is 11.7. The SMILES string of the molecule is O=C(OCCC1CCC1)c1cc(S(=O)(=O)Cl)c(Br)o1. The van der Waals surface area contributed by atoms with Gasteiger partial charge in [-0.2, -0.15) is 0 Å². The summed E-state index contributed by atoms with van der Waals surface area (Å²) in [6.45, 7) is 0.310. The standard InChI is InChI=1S/C11H12BrClO5S/c12-10-9(19(13,15)16)6-8(18-10)11(14)17-5-4-7-2-1-3-7/h6-7H,1-5H2. The molecule has 0 atom stereocenters. The third kappa shape index (κ3) is 3.73. The Morgan fingerprint density at radius 2 is 2.21 bits per heavy atom. The average molecular weight is 372 g/mol. The number of hydrogen-bond acceptors (Lipinski definition) is 5. The predicted molar refractivity (Wildman–Crippen MR) is 71.7 cm³/mol. The molecule has 1 aliphatic rings.